The van der Waals surface area contributed by atoms with Crippen molar-refractivity contribution in [3.8, 4) is 0 Å². The molecular weight excluding hydrogens is 148 g/mol. The van der Waals surface area contributed by atoms with Crippen molar-refractivity contribution in [2.45, 2.75) is 12.5 Å². The molecule has 0 aliphatic carbocycles. The molecule has 0 fully saturated rings. The third-order valence-electron chi connectivity index (χ3n) is 1.81. The third kappa shape index (κ3) is 3.03. The Morgan fingerprint density at radius 1 is 1.33 bits per heavy atom. The van der Waals surface area contributed by atoms with Crippen LogP contribution in [0.25, 0.3) is 0 Å². The van der Waals surface area contributed by atoms with Gasteiger partial charge < -0.3 is 11.1 Å². The predicted octanol–water partition coefficient (Wildman–Crippen LogP) is 0.776. The van der Waals surface area contributed by atoms with Crippen molar-refractivity contribution in [1.29, 1.82) is 0 Å². The summed E-state index contributed by atoms with van der Waals surface area (Å²) in [4.78, 5) is 0. The van der Waals surface area contributed by atoms with Crippen molar-refractivity contribution in [2.75, 3.05) is 13.6 Å². The van der Waals surface area contributed by atoms with Gasteiger partial charge in [0.1, 0.15) is 0 Å². The molecule has 0 aromatic heterocycles. The highest BCUT2D eigenvalue weighted by Crippen LogP contribution is 2.00. The Balaban J connectivity index is 2.41. The Bertz CT molecular complexity index is 208. The van der Waals surface area contributed by atoms with Crippen LogP contribution in [0.3, 0.4) is 0 Å². The van der Waals surface area contributed by atoms with Gasteiger partial charge in [-0.2, -0.15) is 0 Å². The molecule has 0 spiro atoms. The highest BCUT2D eigenvalue weighted by atomic mass is 14.9. The Hall–Kier alpha value is -0.860. The van der Waals surface area contributed by atoms with E-state index in [9.17, 15) is 0 Å². The molecule has 3 N–H and O–H groups in total. The molecule has 0 bridgehead atoms. The lowest BCUT2D eigenvalue weighted by atomic mass is 10.1. The fraction of sp³-hybridized carbons (Fsp3) is 0.400. The van der Waals surface area contributed by atoms with Gasteiger partial charge in [-0.1, -0.05) is 30.3 Å². The average molecular weight is 164 g/mol. The minimum Gasteiger partial charge on any atom is -0.326 e. The molecule has 2 nitrogen and oxygen atoms in total. The lowest BCUT2D eigenvalue weighted by Crippen LogP contribution is -2.33. The summed E-state index contributed by atoms with van der Waals surface area (Å²) in [5.41, 5.74) is 7.16. The molecule has 0 aliphatic heterocycles. The van der Waals surface area contributed by atoms with E-state index in [0.29, 0.717) is 0 Å². The van der Waals surface area contributed by atoms with Crippen molar-refractivity contribution >= 4 is 0 Å². The summed E-state index contributed by atoms with van der Waals surface area (Å²) >= 11 is 0. The first kappa shape index (κ1) is 9.23. The van der Waals surface area contributed by atoms with E-state index in [0.717, 1.165) is 13.0 Å². The lowest BCUT2D eigenvalue weighted by molar-refractivity contribution is 0.616. The maximum atomic E-state index is 5.85. The summed E-state index contributed by atoms with van der Waals surface area (Å²) in [6.07, 6.45) is 0.946. The van der Waals surface area contributed by atoms with Crippen LogP contribution in [-0.4, -0.2) is 19.6 Å². The first-order valence-corrected chi connectivity index (χ1v) is 4.27. The molecule has 66 valence electrons. The molecule has 1 atom stereocenters. The lowest BCUT2D eigenvalue weighted by Gasteiger charge is -2.09. The molecule has 0 saturated heterocycles. The largest absolute Gasteiger partial charge is 0.326 e. The molecule has 0 amide bonds. The molecule has 1 aromatic carbocycles. The molecule has 12 heavy (non-hydrogen) atoms. The van der Waals surface area contributed by atoms with Crippen molar-refractivity contribution < 1.29 is 0 Å². The van der Waals surface area contributed by atoms with Crippen molar-refractivity contribution in [3.63, 3.8) is 0 Å². The SMILES string of the molecule is CNC[C@@H](N)Cc1ccccc1. The van der Waals surface area contributed by atoms with E-state index in [-0.39, 0.29) is 6.04 Å². The number of nitrogens with one attached hydrogen (secondary N) is 1. The van der Waals surface area contributed by atoms with Crippen LogP contribution in [0.15, 0.2) is 30.3 Å². The fourth-order valence-corrected chi connectivity index (χ4v) is 1.25. The van der Waals surface area contributed by atoms with Gasteiger partial charge in [0.25, 0.3) is 0 Å². The minimum absolute atomic E-state index is 0.220. The van der Waals surface area contributed by atoms with Crippen LogP contribution in [0.2, 0.25) is 0 Å². The predicted molar refractivity (Wildman–Crippen MR) is 52.0 cm³/mol. The van der Waals surface area contributed by atoms with Gasteiger partial charge in [0.05, 0.1) is 0 Å². The molecule has 0 radical (unpaired) electrons. The van der Waals surface area contributed by atoms with Crippen LogP contribution in [0.5, 0.6) is 0 Å². The highest BCUT2D eigenvalue weighted by molar-refractivity contribution is 5.15. The van der Waals surface area contributed by atoms with Crippen LogP contribution >= 0.6 is 0 Å². The molecule has 1 aromatic rings. The van der Waals surface area contributed by atoms with Crippen molar-refractivity contribution in [1.82, 2.24) is 5.32 Å². The summed E-state index contributed by atoms with van der Waals surface area (Å²) in [7, 11) is 1.92. The fourth-order valence-electron chi connectivity index (χ4n) is 1.25. The standard InChI is InChI=1S/C10H16N2/c1-12-8-10(11)7-9-5-3-2-4-6-9/h2-6,10,12H,7-8,11H2,1H3/t10-/m0/s1. The number of hydrogen-bond acceptors (Lipinski definition) is 2. The van der Waals surface area contributed by atoms with E-state index in [1.165, 1.54) is 5.56 Å². The average Bonchev–Trinajstić information content (AvgIpc) is 2.06. The zero-order valence-corrected chi connectivity index (χ0v) is 7.46. The monoisotopic (exact) mass is 164 g/mol. The first-order chi connectivity index (χ1) is 5.83. The van der Waals surface area contributed by atoms with E-state index < -0.39 is 0 Å². The third-order valence-corrected chi connectivity index (χ3v) is 1.81. The number of rotatable bonds is 4. The van der Waals surface area contributed by atoms with E-state index >= 15 is 0 Å². The summed E-state index contributed by atoms with van der Waals surface area (Å²) in [6.45, 7) is 0.870. The summed E-state index contributed by atoms with van der Waals surface area (Å²) in [5.74, 6) is 0. The van der Waals surface area contributed by atoms with E-state index in [2.05, 4.69) is 17.4 Å². The maximum Gasteiger partial charge on any atom is 0.0206 e. The van der Waals surface area contributed by atoms with E-state index in [1.54, 1.807) is 0 Å². The molecule has 1 rings (SSSR count). The first-order valence-electron chi connectivity index (χ1n) is 4.27. The Labute approximate surface area is 73.8 Å². The van der Waals surface area contributed by atoms with Gasteiger partial charge in [-0.05, 0) is 19.0 Å². The van der Waals surface area contributed by atoms with Gasteiger partial charge in [0, 0.05) is 12.6 Å². The zero-order chi connectivity index (χ0) is 8.81. The Morgan fingerprint density at radius 2 is 2.00 bits per heavy atom. The van der Waals surface area contributed by atoms with Crippen LogP contribution < -0.4 is 11.1 Å². The van der Waals surface area contributed by atoms with Crippen LogP contribution in [0.1, 0.15) is 5.56 Å². The number of hydrogen-bond donors (Lipinski definition) is 2. The number of likely N-dealkylation sites (N-methyl/N-ethyl adjacent to an activating group) is 1. The minimum atomic E-state index is 0.220. The van der Waals surface area contributed by atoms with Gasteiger partial charge in [-0.15, -0.1) is 0 Å². The van der Waals surface area contributed by atoms with Crippen molar-refractivity contribution in [3.05, 3.63) is 35.9 Å². The van der Waals surface area contributed by atoms with Crippen LogP contribution in [0, 0.1) is 0 Å². The second-order valence-electron chi connectivity index (χ2n) is 3.01. The molecule has 2 heteroatoms. The van der Waals surface area contributed by atoms with Crippen LogP contribution in [0.4, 0.5) is 0 Å². The summed E-state index contributed by atoms with van der Waals surface area (Å²) in [6, 6.07) is 10.5. The van der Waals surface area contributed by atoms with Gasteiger partial charge in [0.15, 0.2) is 0 Å². The normalized spacial score (nSPS) is 12.8. The quantitative estimate of drug-likeness (QED) is 0.690. The summed E-state index contributed by atoms with van der Waals surface area (Å²) in [5, 5.41) is 3.06. The van der Waals surface area contributed by atoms with Gasteiger partial charge >= 0.3 is 0 Å². The van der Waals surface area contributed by atoms with E-state index in [1.807, 2.05) is 25.2 Å². The molecule has 0 unspecified atom stereocenters. The van der Waals surface area contributed by atoms with Crippen molar-refractivity contribution in [2.24, 2.45) is 5.73 Å². The Morgan fingerprint density at radius 3 is 2.58 bits per heavy atom. The van der Waals surface area contributed by atoms with Gasteiger partial charge in [-0.25, -0.2) is 0 Å². The van der Waals surface area contributed by atoms with Gasteiger partial charge in [-0.3, -0.25) is 0 Å². The van der Waals surface area contributed by atoms with Gasteiger partial charge in [0.2, 0.25) is 0 Å². The second-order valence-corrected chi connectivity index (χ2v) is 3.01. The Kier molecular flexibility index (Phi) is 3.77. The molecule has 0 aliphatic rings. The summed E-state index contributed by atoms with van der Waals surface area (Å²) < 4.78 is 0. The topological polar surface area (TPSA) is 38.0 Å². The maximum absolute atomic E-state index is 5.85. The smallest absolute Gasteiger partial charge is 0.0206 e. The number of benzene rings is 1. The molecule has 0 heterocycles. The second kappa shape index (κ2) is 4.91. The molecule has 0 saturated carbocycles. The number of nitrogens with two attached hydrogens (primary N) is 1. The van der Waals surface area contributed by atoms with E-state index in [4.69, 9.17) is 5.73 Å². The zero-order valence-electron chi connectivity index (χ0n) is 7.46. The van der Waals surface area contributed by atoms with Crippen LogP contribution in [-0.2, 0) is 6.42 Å². The molecular formula is C10H16N2. The highest BCUT2D eigenvalue weighted by Gasteiger charge is 2.00.